The number of nitrogens with zero attached hydrogens (tertiary/aromatic N) is 1. The summed E-state index contributed by atoms with van der Waals surface area (Å²) in [5.74, 6) is -0.277. The smallest absolute Gasteiger partial charge is 0.179 e. The first kappa shape index (κ1) is 14.8. The second kappa shape index (κ2) is 6.23. The third-order valence-corrected chi connectivity index (χ3v) is 3.80. The van der Waals surface area contributed by atoms with E-state index in [4.69, 9.17) is 11.6 Å². The number of hydrogen-bond acceptors (Lipinski definition) is 1. The molecule has 0 aliphatic heterocycles. The molecule has 20 heavy (non-hydrogen) atoms. The van der Waals surface area contributed by atoms with Gasteiger partial charge in [-0.2, -0.15) is 0 Å². The molecule has 0 amide bonds. The summed E-state index contributed by atoms with van der Waals surface area (Å²) < 4.78 is 15.6. The van der Waals surface area contributed by atoms with Gasteiger partial charge in [0.25, 0.3) is 0 Å². The number of ketones is 1. The minimum absolute atomic E-state index is 0.0163. The highest BCUT2D eigenvalue weighted by atomic mass is 35.5. The van der Waals surface area contributed by atoms with E-state index < -0.39 is 0 Å². The Labute approximate surface area is 123 Å². The van der Waals surface area contributed by atoms with Gasteiger partial charge in [0.2, 0.25) is 0 Å². The van der Waals surface area contributed by atoms with Crippen molar-refractivity contribution in [1.29, 1.82) is 0 Å². The average molecular weight is 294 g/mol. The predicted molar refractivity (Wildman–Crippen MR) is 79.1 cm³/mol. The van der Waals surface area contributed by atoms with Crippen LogP contribution in [0.5, 0.6) is 0 Å². The van der Waals surface area contributed by atoms with Gasteiger partial charge < -0.3 is 4.57 Å². The number of carbonyl (C=O) groups is 1. The summed E-state index contributed by atoms with van der Waals surface area (Å²) in [6, 6.07) is 8.61. The van der Waals surface area contributed by atoms with Crippen LogP contribution in [0.4, 0.5) is 4.39 Å². The molecule has 0 N–H and O–H groups in total. The average Bonchev–Trinajstić information content (AvgIpc) is 2.73. The van der Waals surface area contributed by atoms with Gasteiger partial charge in [-0.25, -0.2) is 4.39 Å². The van der Waals surface area contributed by atoms with Gasteiger partial charge >= 0.3 is 0 Å². The van der Waals surface area contributed by atoms with E-state index in [-0.39, 0.29) is 17.5 Å². The van der Waals surface area contributed by atoms with E-state index in [9.17, 15) is 9.18 Å². The minimum Gasteiger partial charge on any atom is -0.348 e. The molecular weight excluding hydrogens is 277 g/mol. The number of carbonyl (C=O) groups excluding carboxylic acids is 1. The summed E-state index contributed by atoms with van der Waals surface area (Å²) in [5.41, 5.74) is 3.23. The monoisotopic (exact) mass is 293 g/mol. The number of aryl methyl sites for hydroxylation is 2. The van der Waals surface area contributed by atoms with Crippen LogP contribution in [0.3, 0.4) is 0 Å². The highest BCUT2D eigenvalue weighted by molar-refractivity contribution is 6.30. The first-order chi connectivity index (χ1) is 9.54. The molecule has 0 radical (unpaired) electrons. The first-order valence-corrected chi connectivity index (χ1v) is 7.07. The number of aromatic nitrogens is 1. The summed E-state index contributed by atoms with van der Waals surface area (Å²) >= 11 is 5.61. The molecule has 1 heterocycles. The van der Waals surface area contributed by atoms with Crippen LogP contribution < -0.4 is 0 Å². The highest BCUT2D eigenvalue weighted by Gasteiger charge is 2.14. The Hall–Kier alpha value is -1.61. The summed E-state index contributed by atoms with van der Waals surface area (Å²) in [6.45, 7) is 4.49. The molecule has 0 atom stereocenters. The van der Waals surface area contributed by atoms with Crippen LogP contribution in [-0.2, 0) is 13.0 Å². The largest absolute Gasteiger partial charge is 0.348 e. The van der Waals surface area contributed by atoms with Gasteiger partial charge in [0, 0.05) is 23.5 Å². The van der Waals surface area contributed by atoms with Crippen LogP contribution in [0.25, 0.3) is 0 Å². The molecule has 1 aromatic heterocycles. The van der Waals surface area contributed by atoms with E-state index in [1.54, 1.807) is 12.1 Å². The van der Waals surface area contributed by atoms with E-state index >= 15 is 0 Å². The molecule has 2 rings (SSSR count). The van der Waals surface area contributed by atoms with Crippen molar-refractivity contribution in [2.75, 3.05) is 5.88 Å². The zero-order valence-electron chi connectivity index (χ0n) is 11.6. The summed E-state index contributed by atoms with van der Waals surface area (Å²) in [5, 5.41) is 0. The number of benzene rings is 1. The Balaban J connectivity index is 2.20. The lowest BCUT2D eigenvalue weighted by atomic mass is 10.1. The minimum atomic E-state index is -0.188. The van der Waals surface area contributed by atoms with Crippen LogP contribution in [0.15, 0.2) is 30.3 Å². The standard InChI is InChI=1S/C16H17ClFNO/c1-11-9-14(16(20)10-17)12(2)19(11)8-7-13-5-3-4-6-15(13)18/h3-6,9H,7-8,10H2,1-2H3. The summed E-state index contributed by atoms with van der Waals surface area (Å²) in [4.78, 5) is 11.7. The number of alkyl halides is 1. The fourth-order valence-electron chi connectivity index (χ4n) is 2.43. The molecule has 0 saturated heterocycles. The lowest BCUT2D eigenvalue weighted by molar-refractivity contribution is 0.102. The molecule has 0 spiro atoms. The van der Waals surface area contributed by atoms with Gasteiger partial charge in [-0.1, -0.05) is 18.2 Å². The second-order valence-electron chi connectivity index (χ2n) is 4.83. The lowest BCUT2D eigenvalue weighted by Gasteiger charge is -2.10. The van der Waals surface area contributed by atoms with Crippen molar-refractivity contribution in [3.63, 3.8) is 0 Å². The van der Waals surface area contributed by atoms with Gasteiger partial charge in [-0.15, -0.1) is 11.6 Å². The van der Waals surface area contributed by atoms with Crippen molar-refractivity contribution in [2.45, 2.75) is 26.8 Å². The molecule has 0 bridgehead atoms. The Bertz CT molecular complexity index is 633. The fraction of sp³-hybridized carbons (Fsp3) is 0.312. The van der Waals surface area contributed by atoms with Crippen molar-refractivity contribution in [3.05, 3.63) is 58.7 Å². The Kier molecular flexibility index (Phi) is 4.61. The molecule has 0 aliphatic rings. The normalized spacial score (nSPS) is 10.8. The quantitative estimate of drug-likeness (QED) is 0.605. The summed E-state index contributed by atoms with van der Waals surface area (Å²) in [7, 11) is 0. The number of halogens is 2. The van der Waals surface area contributed by atoms with Crippen molar-refractivity contribution in [3.8, 4) is 0 Å². The predicted octanol–water partition coefficient (Wildman–Crippen LogP) is 3.91. The Morgan fingerprint density at radius 2 is 2.00 bits per heavy atom. The van der Waals surface area contributed by atoms with E-state index in [1.165, 1.54) is 6.07 Å². The third kappa shape index (κ3) is 2.93. The molecule has 1 aromatic carbocycles. The maximum absolute atomic E-state index is 13.6. The molecular formula is C16H17ClFNO. The van der Waals surface area contributed by atoms with Crippen molar-refractivity contribution < 1.29 is 9.18 Å². The van der Waals surface area contributed by atoms with Gasteiger partial charge in [-0.05, 0) is 38.0 Å². The SMILES string of the molecule is Cc1cc(C(=O)CCl)c(C)n1CCc1ccccc1F. The van der Waals surface area contributed by atoms with Gasteiger partial charge in [0.05, 0.1) is 5.88 Å². The van der Waals surface area contributed by atoms with Crippen LogP contribution in [0, 0.1) is 19.7 Å². The molecule has 2 aromatic rings. The van der Waals surface area contributed by atoms with Crippen LogP contribution in [0.2, 0.25) is 0 Å². The molecule has 0 aliphatic carbocycles. The van der Waals surface area contributed by atoms with E-state index in [1.807, 2.05) is 30.5 Å². The number of rotatable bonds is 5. The van der Waals surface area contributed by atoms with Gasteiger partial charge in [-0.3, -0.25) is 4.79 Å². The third-order valence-electron chi connectivity index (χ3n) is 3.56. The molecule has 2 nitrogen and oxygen atoms in total. The lowest BCUT2D eigenvalue weighted by Crippen LogP contribution is -2.08. The highest BCUT2D eigenvalue weighted by Crippen LogP contribution is 2.18. The first-order valence-electron chi connectivity index (χ1n) is 6.54. The van der Waals surface area contributed by atoms with E-state index in [0.29, 0.717) is 24.1 Å². The Morgan fingerprint density at radius 3 is 2.65 bits per heavy atom. The maximum Gasteiger partial charge on any atom is 0.179 e. The van der Waals surface area contributed by atoms with Crippen molar-refractivity contribution in [2.24, 2.45) is 0 Å². The van der Waals surface area contributed by atoms with Gasteiger partial charge in [0.15, 0.2) is 5.78 Å². The van der Waals surface area contributed by atoms with Crippen LogP contribution in [0.1, 0.15) is 27.3 Å². The van der Waals surface area contributed by atoms with Gasteiger partial charge in [0.1, 0.15) is 5.82 Å². The zero-order valence-corrected chi connectivity index (χ0v) is 12.4. The fourth-order valence-corrected chi connectivity index (χ4v) is 2.58. The van der Waals surface area contributed by atoms with E-state index in [2.05, 4.69) is 0 Å². The number of hydrogen-bond donors (Lipinski definition) is 0. The molecule has 0 saturated carbocycles. The van der Waals surface area contributed by atoms with Crippen molar-refractivity contribution >= 4 is 17.4 Å². The van der Waals surface area contributed by atoms with Crippen molar-refractivity contribution in [1.82, 2.24) is 4.57 Å². The topological polar surface area (TPSA) is 22.0 Å². The van der Waals surface area contributed by atoms with E-state index in [0.717, 1.165) is 11.4 Å². The maximum atomic E-state index is 13.6. The second-order valence-corrected chi connectivity index (χ2v) is 5.10. The molecule has 0 fully saturated rings. The molecule has 0 unspecified atom stereocenters. The Morgan fingerprint density at radius 1 is 1.30 bits per heavy atom. The summed E-state index contributed by atoms with van der Waals surface area (Å²) in [6.07, 6.45) is 0.595. The zero-order chi connectivity index (χ0) is 14.7. The van der Waals surface area contributed by atoms with Crippen LogP contribution in [-0.4, -0.2) is 16.2 Å². The molecule has 4 heteroatoms. The molecule has 106 valence electrons. The number of Topliss-reactive ketones (excluding diaryl/α,β-unsaturated/α-hetero) is 1. The van der Waals surface area contributed by atoms with Crippen LogP contribution >= 0.6 is 11.6 Å².